The molecule has 1 aromatic rings. The number of hydrogen-bond acceptors (Lipinski definition) is 3. The van der Waals surface area contributed by atoms with Crippen molar-refractivity contribution in [1.82, 2.24) is 0 Å². The predicted molar refractivity (Wildman–Crippen MR) is 62.7 cm³/mol. The Balaban J connectivity index is 2.93. The van der Waals surface area contributed by atoms with Gasteiger partial charge in [0.15, 0.2) is 0 Å². The third-order valence-electron chi connectivity index (χ3n) is 1.97. The highest BCUT2D eigenvalue weighted by Gasteiger charge is 2.16. The third kappa shape index (κ3) is 4.06. The lowest BCUT2D eigenvalue weighted by Gasteiger charge is -2.12. The molecule has 0 radical (unpaired) electrons. The van der Waals surface area contributed by atoms with Crippen LogP contribution in [0.2, 0.25) is 0 Å². The van der Waals surface area contributed by atoms with E-state index in [1.807, 2.05) is 6.92 Å². The van der Waals surface area contributed by atoms with E-state index in [0.717, 1.165) is 12.5 Å². The summed E-state index contributed by atoms with van der Waals surface area (Å²) < 4.78 is 23.5. The second-order valence-corrected chi connectivity index (χ2v) is 3.94. The van der Waals surface area contributed by atoms with Gasteiger partial charge in [-0.2, -0.15) is 0 Å². The van der Waals surface area contributed by atoms with Crippen molar-refractivity contribution in [3.8, 4) is 5.75 Å². The minimum absolute atomic E-state index is 0.132. The van der Waals surface area contributed by atoms with Crippen LogP contribution in [-0.4, -0.2) is 18.7 Å². The Bertz CT molecular complexity index is 388. The van der Waals surface area contributed by atoms with Gasteiger partial charge in [0.2, 0.25) is 0 Å². The van der Waals surface area contributed by atoms with Gasteiger partial charge >= 0.3 is 5.97 Å². The van der Waals surface area contributed by atoms with E-state index in [4.69, 9.17) is 9.47 Å². The third-order valence-corrected chi connectivity index (χ3v) is 1.97. The molecule has 1 aromatic carbocycles. The maximum Gasteiger partial charge on any atom is 0.342 e. The molecule has 0 saturated heterocycles. The number of carbonyl (C=O) groups is 1. The summed E-state index contributed by atoms with van der Waals surface area (Å²) in [6, 6.07) is 3.84. The van der Waals surface area contributed by atoms with E-state index in [-0.39, 0.29) is 11.7 Å². The predicted octanol–water partition coefficient (Wildman–Crippen LogP) is 3.18. The zero-order valence-corrected chi connectivity index (χ0v) is 10.3. The van der Waals surface area contributed by atoms with E-state index in [0.29, 0.717) is 12.4 Å². The van der Waals surface area contributed by atoms with Crippen LogP contribution in [0, 0.1) is 5.82 Å². The molecule has 0 atom stereocenters. The van der Waals surface area contributed by atoms with Crippen LogP contribution in [0.5, 0.6) is 5.75 Å². The smallest absolute Gasteiger partial charge is 0.342 e. The summed E-state index contributed by atoms with van der Waals surface area (Å²) in [6.07, 6.45) is 0.570. The second kappa shape index (κ2) is 6.23. The molecule has 94 valence electrons. The van der Waals surface area contributed by atoms with E-state index in [1.54, 1.807) is 13.8 Å². The van der Waals surface area contributed by atoms with Crippen LogP contribution in [-0.2, 0) is 4.74 Å². The first-order chi connectivity index (χ1) is 8.04. The van der Waals surface area contributed by atoms with Gasteiger partial charge in [-0.25, -0.2) is 9.18 Å². The molecule has 17 heavy (non-hydrogen) atoms. The molecule has 0 aliphatic rings. The Hall–Kier alpha value is -1.58. The molecular formula is C13H17FO3. The van der Waals surface area contributed by atoms with E-state index in [2.05, 4.69) is 0 Å². The molecular weight excluding hydrogens is 223 g/mol. The molecule has 0 saturated carbocycles. The number of rotatable bonds is 5. The largest absolute Gasteiger partial charge is 0.493 e. The minimum Gasteiger partial charge on any atom is -0.493 e. The lowest BCUT2D eigenvalue weighted by molar-refractivity contribution is 0.0373. The molecule has 1 rings (SSSR count). The van der Waals surface area contributed by atoms with Crippen molar-refractivity contribution in [2.45, 2.75) is 33.3 Å². The first-order valence-electron chi connectivity index (χ1n) is 5.68. The number of esters is 1. The monoisotopic (exact) mass is 240 g/mol. The van der Waals surface area contributed by atoms with Crippen molar-refractivity contribution >= 4 is 5.97 Å². The van der Waals surface area contributed by atoms with Gasteiger partial charge in [0.05, 0.1) is 12.7 Å². The van der Waals surface area contributed by atoms with Crippen molar-refractivity contribution in [3.05, 3.63) is 29.6 Å². The Kier molecular flexibility index (Phi) is 4.94. The Morgan fingerprint density at radius 1 is 1.41 bits per heavy atom. The summed E-state index contributed by atoms with van der Waals surface area (Å²) in [5.74, 6) is -0.686. The maximum absolute atomic E-state index is 13.1. The SMILES string of the molecule is CCCOc1ccc(F)cc1C(=O)OC(C)C. The van der Waals surface area contributed by atoms with Gasteiger partial charge in [-0.15, -0.1) is 0 Å². The maximum atomic E-state index is 13.1. The molecule has 0 fully saturated rings. The molecule has 0 spiro atoms. The van der Waals surface area contributed by atoms with Gasteiger partial charge in [0, 0.05) is 0 Å². The first-order valence-corrected chi connectivity index (χ1v) is 5.68. The van der Waals surface area contributed by atoms with Gasteiger partial charge in [-0.3, -0.25) is 0 Å². The zero-order chi connectivity index (χ0) is 12.8. The molecule has 0 aliphatic heterocycles. The highest BCUT2D eigenvalue weighted by molar-refractivity contribution is 5.92. The summed E-state index contributed by atoms with van der Waals surface area (Å²) in [5, 5.41) is 0. The first kappa shape index (κ1) is 13.5. The Morgan fingerprint density at radius 3 is 2.71 bits per heavy atom. The van der Waals surface area contributed by atoms with Gasteiger partial charge in [-0.1, -0.05) is 6.92 Å². The van der Waals surface area contributed by atoms with Crippen molar-refractivity contribution < 1.29 is 18.7 Å². The quantitative estimate of drug-likeness (QED) is 0.741. The number of hydrogen-bond donors (Lipinski definition) is 0. The fourth-order valence-electron chi connectivity index (χ4n) is 1.28. The summed E-state index contributed by atoms with van der Waals surface area (Å²) in [6.45, 7) is 5.91. The summed E-state index contributed by atoms with van der Waals surface area (Å²) in [7, 11) is 0. The van der Waals surface area contributed by atoms with Crippen molar-refractivity contribution in [2.75, 3.05) is 6.61 Å². The number of halogens is 1. The van der Waals surface area contributed by atoms with Crippen LogP contribution in [0.3, 0.4) is 0 Å². The fraction of sp³-hybridized carbons (Fsp3) is 0.462. The molecule has 0 bridgehead atoms. The van der Waals surface area contributed by atoms with Crippen LogP contribution >= 0.6 is 0 Å². The molecule has 4 heteroatoms. The minimum atomic E-state index is -0.564. The van der Waals surface area contributed by atoms with Crippen LogP contribution in [0.1, 0.15) is 37.6 Å². The Labute approximate surface area is 101 Å². The van der Waals surface area contributed by atoms with E-state index in [9.17, 15) is 9.18 Å². The second-order valence-electron chi connectivity index (χ2n) is 3.94. The van der Waals surface area contributed by atoms with Gasteiger partial charge in [0.25, 0.3) is 0 Å². The van der Waals surface area contributed by atoms with Crippen LogP contribution in [0.4, 0.5) is 4.39 Å². The number of benzene rings is 1. The van der Waals surface area contributed by atoms with Gasteiger partial charge in [0.1, 0.15) is 17.1 Å². The van der Waals surface area contributed by atoms with Gasteiger partial charge < -0.3 is 9.47 Å². The Morgan fingerprint density at radius 2 is 2.12 bits per heavy atom. The lowest BCUT2D eigenvalue weighted by Crippen LogP contribution is -2.13. The van der Waals surface area contributed by atoms with E-state index in [1.165, 1.54) is 12.1 Å². The highest BCUT2D eigenvalue weighted by Crippen LogP contribution is 2.21. The van der Waals surface area contributed by atoms with Crippen molar-refractivity contribution in [1.29, 1.82) is 0 Å². The number of carbonyl (C=O) groups excluding carboxylic acids is 1. The summed E-state index contributed by atoms with van der Waals surface area (Å²) in [5.41, 5.74) is 0.132. The molecule has 0 N–H and O–H groups in total. The van der Waals surface area contributed by atoms with Crippen molar-refractivity contribution in [2.24, 2.45) is 0 Å². The summed E-state index contributed by atoms with van der Waals surface area (Å²) in [4.78, 5) is 11.7. The van der Waals surface area contributed by atoms with E-state index < -0.39 is 11.8 Å². The summed E-state index contributed by atoms with van der Waals surface area (Å²) >= 11 is 0. The molecule has 0 heterocycles. The van der Waals surface area contributed by atoms with Crippen LogP contribution in [0.25, 0.3) is 0 Å². The molecule has 0 aromatic heterocycles. The van der Waals surface area contributed by atoms with Crippen LogP contribution < -0.4 is 4.74 Å². The lowest BCUT2D eigenvalue weighted by atomic mass is 10.2. The highest BCUT2D eigenvalue weighted by atomic mass is 19.1. The molecule has 0 aliphatic carbocycles. The molecule has 0 amide bonds. The fourth-order valence-corrected chi connectivity index (χ4v) is 1.28. The van der Waals surface area contributed by atoms with Gasteiger partial charge in [-0.05, 0) is 38.5 Å². The normalized spacial score (nSPS) is 10.4. The standard InChI is InChI=1S/C13H17FO3/c1-4-7-16-12-6-5-10(14)8-11(12)13(15)17-9(2)3/h5-6,8-9H,4,7H2,1-3H3. The molecule has 0 unspecified atom stereocenters. The topological polar surface area (TPSA) is 35.5 Å². The number of ether oxygens (including phenoxy) is 2. The zero-order valence-electron chi connectivity index (χ0n) is 10.3. The molecule has 3 nitrogen and oxygen atoms in total. The average molecular weight is 240 g/mol. The average Bonchev–Trinajstić information content (AvgIpc) is 2.26. The van der Waals surface area contributed by atoms with E-state index >= 15 is 0 Å². The van der Waals surface area contributed by atoms with Crippen LogP contribution in [0.15, 0.2) is 18.2 Å². The van der Waals surface area contributed by atoms with Crippen molar-refractivity contribution in [3.63, 3.8) is 0 Å².